The number of aromatic nitrogens is 2. The van der Waals surface area contributed by atoms with E-state index in [1.807, 2.05) is 6.07 Å². The molecule has 126 valence electrons. The summed E-state index contributed by atoms with van der Waals surface area (Å²) in [6.45, 7) is 0. The van der Waals surface area contributed by atoms with E-state index in [1.165, 1.54) is 6.21 Å². The summed E-state index contributed by atoms with van der Waals surface area (Å²) in [6.07, 6.45) is 5.58. The largest absolute Gasteiger partial charge is 0.497 e. The maximum Gasteiger partial charge on any atom is 0.292 e. The molecule has 1 heterocycles. The van der Waals surface area contributed by atoms with E-state index in [9.17, 15) is 4.79 Å². The lowest BCUT2D eigenvalue weighted by atomic mass is 9.96. The van der Waals surface area contributed by atoms with Gasteiger partial charge in [0, 0.05) is 22.9 Å². The summed E-state index contributed by atoms with van der Waals surface area (Å²) in [6, 6.07) is 5.37. The van der Waals surface area contributed by atoms with Gasteiger partial charge in [-0.05, 0) is 37.8 Å². The molecule has 7 nitrogen and oxygen atoms in total. The van der Waals surface area contributed by atoms with E-state index in [2.05, 4.69) is 20.7 Å². The van der Waals surface area contributed by atoms with Gasteiger partial charge in [-0.1, -0.05) is 0 Å². The minimum absolute atomic E-state index is 0.307. The lowest BCUT2D eigenvalue weighted by molar-refractivity contribution is 0.0949. The fraction of sp³-hybridized carbons (Fsp3) is 0.353. The number of carbonyl (C=O) groups is 1. The van der Waals surface area contributed by atoms with Crippen LogP contribution in [0.3, 0.4) is 0 Å². The van der Waals surface area contributed by atoms with Gasteiger partial charge < -0.3 is 9.47 Å². The molecule has 0 radical (unpaired) electrons. The zero-order chi connectivity index (χ0) is 16.9. The Morgan fingerprint density at radius 2 is 2.12 bits per heavy atom. The minimum Gasteiger partial charge on any atom is -0.497 e. The topological polar surface area (TPSA) is 88.6 Å². The van der Waals surface area contributed by atoms with Crippen molar-refractivity contribution < 1.29 is 14.3 Å². The lowest BCUT2D eigenvalue weighted by Gasteiger charge is -2.10. The summed E-state index contributed by atoms with van der Waals surface area (Å²) in [5.74, 6) is 0.999. The van der Waals surface area contributed by atoms with Crippen LogP contribution in [0.2, 0.25) is 0 Å². The van der Waals surface area contributed by atoms with Crippen molar-refractivity contribution in [3.63, 3.8) is 0 Å². The highest BCUT2D eigenvalue weighted by Gasteiger charge is 2.21. The van der Waals surface area contributed by atoms with Gasteiger partial charge in [0.15, 0.2) is 5.69 Å². The fourth-order valence-corrected chi connectivity index (χ4v) is 2.81. The Kier molecular flexibility index (Phi) is 4.79. The van der Waals surface area contributed by atoms with Gasteiger partial charge in [-0.2, -0.15) is 10.2 Å². The predicted molar refractivity (Wildman–Crippen MR) is 89.8 cm³/mol. The number of aryl methyl sites for hydroxylation is 1. The molecule has 0 unspecified atom stereocenters. The molecule has 0 fully saturated rings. The molecule has 1 aromatic heterocycles. The van der Waals surface area contributed by atoms with Crippen LogP contribution < -0.4 is 14.9 Å². The smallest absolute Gasteiger partial charge is 0.292 e. The first-order chi connectivity index (χ1) is 11.7. The van der Waals surface area contributed by atoms with Crippen molar-refractivity contribution in [2.75, 3.05) is 14.2 Å². The first-order valence-corrected chi connectivity index (χ1v) is 7.84. The second-order valence-electron chi connectivity index (χ2n) is 5.54. The fourth-order valence-electron chi connectivity index (χ4n) is 2.81. The molecule has 7 heteroatoms. The predicted octanol–water partition coefficient (Wildman–Crippen LogP) is 2.07. The van der Waals surface area contributed by atoms with Gasteiger partial charge in [0.05, 0.1) is 20.4 Å². The van der Waals surface area contributed by atoms with Crippen molar-refractivity contribution in [1.82, 2.24) is 15.6 Å². The van der Waals surface area contributed by atoms with Crippen molar-refractivity contribution in [1.29, 1.82) is 0 Å². The van der Waals surface area contributed by atoms with Crippen LogP contribution >= 0.6 is 0 Å². The number of nitrogens with zero attached hydrogens (tertiary/aromatic N) is 2. The van der Waals surface area contributed by atoms with E-state index in [0.29, 0.717) is 17.2 Å². The van der Waals surface area contributed by atoms with Gasteiger partial charge >= 0.3 is 0 Å². The highest BCUT2D eigenvalue weighted by atomic mass is 16.5. The van der Waals surface area contributed by atoms with Crippen LogP contribution in [0.25, 0.3) is 0 Å². The van der Waals surface area contributed by atoms with Gasteiger partial charge in [-0.3, -0.25) is 9.89 Å². The Morgan fingerprint density at radius 3 is 2.92 bits per heavy atom. The Bertz CT molecular complexity index is 767. The molecule has 1 amide bonds. The van der Waals surface area contributed by atoms with E-state index < -0.39 is 0 Å². The molecule has 0 spiro atoms. The number of hydrogen-bond donors (Lipinski definition) is 2. The summed E-state index contributed by atoms with van der Waals surface area (Å²) in [5, 5.41) is 11.1. The van der Waals surface area contributed by atoms with Crippen LogP contribution in [-0.4, -0.2) is 36.5 Å². The normalized spacial score (nSPS) is 13.6. The third-order valence-electron chi connectivity index (χ3n) is 4.08. The Morgan fingerprint density at radius 1 is 1.29 bits per heavy atom. The molecule has 0 saturated carbocycles. The molecule has 0 bridgehead atoms. The molecule has 0 atom stereocenters. The van der Waals surface area contributed by atoms with Crippen molar-refractivity contribution in [3.05, 3.63) is 40.7 Å². The number of carbonyl (C=O) groups excluding carboxylic acids is 1. The molecule has 3 rings (SSSR count). The molecule has 1 aliphatic carbocycles. The monoisotopic (exact) mass is 328 g/mol. The van der Waals surface area contributed by atoms with Crippen molar-refractivity contribution in [2.45, 2.75) is 25.7 Å². The number of methoxy groups -OCH3 is 2. The van der Waals surface area contributed by atoms with E-state index in [1.54, 1.807) is 26.4 Å². The second kappa shape index (κ2) is 7.16. The number of hydrazone groups is 1. The molecule has 2 N–H and O–H groups in total. The van der Waals surface area contributed by atoms with Gasteiger partial charge in [0.1, 0.15) is 11.5 Å². The average molecular weight is 328 g/mol. The molecule has 24 heavy (non-hydrogen) atoms. The number of nitrogens with one attached hydrogen (secondary N) is 2. The highest BCUT2D eigenvalue weighted by molar-refractivity contribution is 5.95. The number of hydrogen-bond acceptors (Lipinski definition) is 5. The quantitative estimate of drug-likeness (QED) is 0.649. The van der Waals surface area contributed by atoms with Gasteiger partial charge in [-0.15, -0.1) is 0 Å². The summed E-state index contributed by atoms with van der Waals surface area (Å²) >= 11 is 0. The van der Waals surface area contributed by atoms with Crippen LogP contribution in [0.15, 0.2) is 23.3 Å². The minimum atomic E-state index is -0.307. The SMILES string of the molecule is COc1ccc(/C=N/NC(=O)c2n[nH]c3c2CCCC3)c(OC)c1. The molecule has 2 aromatic rings. The van der Waals surface area contributed by atoms with Gasteiger partial charge in [0.2, 0.25) is 0 Å². The average Bonchev–Trinajstić information content (AvgIpc) is 3.06. The first kappa shape index (κ1) is 16.0. The Balaban J connectivity index is 1.70. The molecular formula is C17H20N4O3. The molecule has 1 aliphatic rings. The first-order valence-electron chi connectivity index (χ1n) is 7.84. The maximum absolute atomic E-state index is 12.3. The number of rotatable bonds is 5. The van der Waals surface area contributed by atoms with Crippen LogP contribution in [0, 0.1) is 0 Å². The van der Waals surface area contributed by atoms with Crippen molar-refractivity contribution in [2.24, 2.45) is 5.10 Å². The van der Waals surface area contributed by atoms with E-state index in [-0.39, 0.29) is 5.91 Å². The summed E-state index contributed by atoms with van der Waals surface area (Å²) in [4.78, 5) is 12.3. The van der Waals surface area contributed by atoms with Gasteiger partial charge in [0.25, 0.3) is 5.91 Å². The van der Waals surface area contributed by atoms with Gasteiger partial charge in [-0.25, -0.2) is 5.43 Å². The third kappa shape index (κ3) is 3.24. The van der Waals surface area contributed by atoms with Crippen LogP contribution in [0.4, 0.5) is 0 Å². The number of benzene rings is 1. The lowest BCUT2D eigenvalue weighted by Crippen LogP contribution is -2.20. The third-order valence-corrected chi connectivity index (χ3v) is 4.08. The zero-order valence-electron chi connectivity index (χ0n) is 13.8. The van der Waals surface area contributed by atoms with Crippen LogP contribution in [0.1, 0.15) is 40.2 Å². The molecular weight excluding hydrogens is 308 g/mol. The Hall–Kier alpha value is -2.83. The summed E-state index contributed by atoms with van der Waals surface area (Å²) in [7, 11) is 3.16. The zero-order valence-corrected chi connectivity index (χ0v) is 13.8. The van der Waals surface area contributed by atoms with E-state index in [4.69, 9.17) is 9.47 Å². The van der Waals surface area contributed by atoms with Crippen LogP contribution in [-0.2, 0) is 12.8 Å². The summed E-state index contributed by atoms with van der Waals surface area (Å²) in [5.41, 5.74) is 5.77. The molecule has 0 saturated heterocycles. The van der Waals surface area contributed by atoms with Crippen LogP contribution in [0.5, 0.6) is 11.5 Å². The number of amides is 1. The van der Waals surface area contributed by atoms with Crippen molar-refractivity contribution >= 4 is 12.1 Å². The molecule has 0 aliphatic heterocycles. The molecule has 1 aromatic carbocycles. The highest BCUT2D eigenvalue weighted by Crippen LogP contribution is 2.23. The summed E-state index contributed by atoms with van der Waals surface area (Å²) < 4.78 is 10.4. The number of ether oxygens (including phenoxy) is 2. The van der Waals surface area contributed by atoms with Crippen molar-refractivity contribution in [3.8, 4) is 11.5 Å². The number of fused-ring (bicyclic) bond motifs is 1. The van der Waals surface area contributed by atoms with E-state index in [0.717, 1.165) is 42.5 Å². The van der Waals surface area contributed by atoms with E-state index >= 15 is 0 Å². The maximum atomic E-state index is 12.3. The second-order valence-corrected chi connectivity index (χ2v) is 5.54. The Labute approximate surface area is 140 Å². The number of aromatic amines is 1. The standard InChI is InChI=1S/C17H20N4O3/c1-23-12-8-7-11(15(9-12)24-2)10-18-21-17(22)16-13-5-3-4-6-14(13)19-20-16/h7-10H,3-6H2,1-2H3,(H,19,20)(H,21,22)/b18-10+. The number of H-pyrrole nitrogens is 1.